The fourth-order valence-electron chi connectivity index (χ4n) is 13.2. The molecule has 76 heavy (non-hydrogen) atoms. The summed E-state index contributed by atoms with van der Waals surface area (Å²) in [4.78, 5) is 2.48. The summed E-state index contributed by atoms with van der Waals surface area (Å²) in [5, 5.41) is 4.71. The summed E-state index contributed by atoms with van der Waals surface area (Å²) in [5.74, 6) is 0. The zero-order valence-corrected chi connectivity index (χ0v) is 41.4. The van der Waals surface area contributed by atoms with E-state index in [1.807, 2.05) is 0 Å². The third-order valence-electron chi connectivity index (χ3n) is 16.4. The van der Waals surface area contributed by atoms with E-state index in [9.17, 15) is 0 Å². The van der Waals surface area contributed by atoms with E-state index in [1.54, 1.807) is 0 Å². The van der Waals surface area contributed by atoms with Gasteiger partial charge in [0, 0.05) is 49.7 Å². The lowest BCUT2D eigenvalue weighted by Crippen LogP contribution is -2.26. The Labute approximate surface area is 440 Å². The molecule has 3 nitrogen and oxygen atoms in total. The summed E-state index contributed by atoms with van der Waals surface area (Å²) in [5.41, 5.74) is 25.5. The second kappa shape index (κ2) is 16.5. The molecule has 0 bridgehead atoms. The number of aromatic nitrogens is 1. The lowest BCUT2D eigenvalue weighted by atomic mass is 9.70. The summed E-state index contributed by atoms with van der Waals surface area (Å²) >= 11 is 0. The first-order valence-electron chi connectivity index (χ1n) is 26.2. The maximum absolute atomic E-state index is 6.60. The number of furan rings is 1. The van der Waals surface area contributed by atoms with E-state index in [2.05, 4.69) is 289 Å². The molecule has 0 atom stereocenters. The molecular weight excluding hydrogens is 921 g/mol. The minimum Gasteiger partial charge on any atom is -0.455 e. The first kappa shape index (κ1) is 42.5. The Hall–Kier alpha value is -9.96. The van der Waals surface area contributed by atoms with Crippen molar-refractivity contribution >= 4 is 60.8 Å². The molecule has 1 spiro atoms. The van der Waals surface area contributed by atoms with E-state index < -0.39 is 5.41 Å². The predicted octanol–water partition coefficient (Wildman–Crippen LogP) is 19.5. The normalized spacial score (nSPS) is 12.8. The van der Waals surface area contributed by atoms with Crippen molar-refractivity contribution < 1.29 is 4.42 Å². The van der Waals surface area contributed by atoms with Gasteiger partial charge in [-0.05, 0) is 140 Å². The molecule has 2 aromatic heterocycles. The van der Waals surface area contributed by atoms with Gasteiger partial charge >= 0.3 is 0 Å². The van der Waals surface area contributed by atoms with Crippen LogP contribution in [0.15, 0.2) is 283 Å². The fraction of sp³-hybridized carbons (Fsp3) is 0.0137. The largest absolute Gasteiger partial charge is 0.455 e. The molecule has 0 radical (unpaired) electrons. The summed E-state index contributed by atoms with van der Waals surface area (Å²) in [7, 11) is 0. The molecule has 3 heteroatoms. The number of fused-ring (bicyclic) bond motifs is 16. The number of hydrogen-bond donors (Lipinski definition) is 0. The van der Waals surface area contributed by atoms with Crippen LogP contribution in [0.4, 0.5) is 17.1 Å². The molecule has 0 saturated heterocycles. The highest BCUT2D eigenvalue weighted by molar-refractivity contribution is 6.12. The van der Waals surface area contributed by atoms with Gasteiger partial charge in [0.25, 0.3) is 0 Å². The Morgan fingerprint density at radius 1 is 0.316 bits per heavy atom. The Morgan fingerprint density at radius 3 is 1.51 bits per heavy atom. The highest BCUT2D eigenvalue weighted by Crippen LogP contribution is 2.64. The molecule has 2 aliphatic carbocycles. The standard InChI is InChI=1S/C73H46N2O/c1-3-17-49(18-4-1)55-25-15-26-59-62-46-51(38-44-70(62)76-72(55)59)48-35-41-54(42-36-48)74(53-39-33-47(34-40-53)50-37-43-68-61(45-50)58-23-10-14-31-67(58)75(68)52-19-5-2-6-20-52)69-32-16-30-66-71(69)60-24-9-13-29-65(60)73(66)63-27-11-7-21-56(63)57-22-8-12-28-64(57)73/h1-46H. The van der Waals surface area contributed by atoms with E-state index in [0.717, 1.165) is 72.5 Å². The molecule has 14 aromatic rings. The van der Waals surface area contributed by atoms with Crippen LogP contribution in [-0.4, -0.2) is 4.57 Å². The van der Waals surface area contributed by atoms with Crippen LogP contribution < -0.4 is 4.90 Å². The molecule has 2 heterocycles. The number of benzene rings is 12. The van der Waals surface area contributed by atoms with E-state index in [1.165, 1.54) is 71.9 Å². The Bertz CT molecular complexity index is 4580. The van der Waals surface area contributed by atoms with Crippen LogP contribution in [0.5, 0.6) is 0 Å². The SMILES string of the molecule is c1ccc(-c2cccc3c2oc2ccc(-c4ccc(N(c5ccc(-c6ccc7c(c6)c6ccccc6n7-c6ccccc6)cc5)c5cccc6c5-c5ccccc5C65c6ccccc6-c6ccccc65)cc4)cc23)cc1. The Morgan fingerprint density at radius 2 is 0.816 bits per heavy atom. The molecule has 0 N–H and O–H groups in total. The van der Waals surface area contributed by atoms with Gasteiger partial charge in [-0.1, -0.05) is 206 Å². The van der Waals surface area contributed by atoms with E-state index >= 15 is 0 Å². The van der Waals surface area contributed by atoms with Crippen molar-refractivity contribution in [2.75, 3.05) is 4.90 Å². The number of para-hydroxylation sites is 3. The van der Waals surface area contributed by atoms with Gasteiger partial charge in [0.2, 0.25) is 0 Å². The number of hydrogen-bond acceptors (Lipinski definition) is 2. The quantitative estimate of drug-likeness (QED) is 0.159. The van der Waals surface area contributed by atoms with Gasteiger partial charge < -0.3 is 13.9 Å². The second-order valence-electron chi connectivity index (χ2n) is 20.3. The summed E-state index contributed by atoms with van der Waals surface area (Å²) < 4.78 is 8.97. The molecule has 16 rings (SSSR count). The highest BCUT2D eigenvalue weighted by Gasteiger charge is 2.52. The highest BCUT2D eigenvalue weighted by atomic mass is 16.3. The van der Waals surface area contributed by atoms with Gasteiger partial charge in [-0.25, -0.2) is 0 Å². The molecule has 0 unspecified atom stereocenters. The van der Waals surface area contributed by atoms with Crippen molar-refractivity contribution in [3.8, 4) is 61.3 Å². The average Bonchev–Trinajstić information content (AvgIpc) is 4.42. The van der Waals surface area contributed by atoms with Crippen molar-refractivity contribution in [3.05, 3.63) is 301 Å². The van der Waals surface area contributed by atoms with E-state index in [-0.39, 0.29) is 0 Å². The van der Waals surface area contributed by atoms with Gasteiger partial charge in [-0.2, -0.15) is 0 Å². The Balaban J connectivity index is 0.852. The van der Waals surface area contributed by atoms with Gasteiger partial charge in [-0.15, -0.1) is 0 Å². The maximum Gasteiger partial charge on any atom is 0.143 e. The second-order valence-corrected chi connectivity index (χ2v) is 20.3. The van der Waals surface area contributed by atoms with Crippen LogP contribution in [-0.2, 0) is 5.41 Å². The number of anilines is 3. The third kappa shape index (κ3) is 6.11. The monoisotopic (exact) mass is 966 g/mol. The minimum absolute atomic E-state index is 0.464. The summed E-state index contributed by atoms with van der Waals surface area (Å²) in [6.45, 7) is 0. The topological polar surface area (TPSA) is 21.3 Å². The van der Waals surface area contributed by atoms with Crippen LogP contribution >= 0.6 is 0 Å². The number of rotatable bonds is 7. The van der Waals surface area contributed by atoms with Crippen LogP contribution in [0.25, 0.3) is 105 Å². The first-order chi connectivity index (χ1) is 37.7. The molecular formula is C73H46N2O. The molecule has 0 amide bonds. The zero-order valence-electron chi connectivity index (χ0n) is 41.4. The summed E-state index contributed by atoms with van der Waals surface area (Å²) in [6, 6.07) is 102. The van der Waals surface area contributed by atoms with Crippen LogP contribution in [0.1, 0.15) is 22.3 Å². The molecule has 2 aliphatic rings. The van der Waals surface area contributed by atoms with Gasteiger partial charge in [0.15, 0.2) is 0 Å². The van der Waals surface area contributed by atoms with Crippen molar-refractivity contribution in [2.45, 2.75) is 5.41 Å². The Kier molecular flexibility index (Phi) is 9.25. The van der Waals surface area contributed by atoms with Crippen LogP contribution in [0.3, 0.4) is 0 Å². The molecule has 12 aromatic carbocycles. The van der Waals surface area contributed by atoms with E-state index in [4.69, 9.17) is 4.42 Å². The van der Waals surface area contributed by atoms with Crippen molar-refractivity contribution in [1.82, 2.24) is 4.57 Å². The molecule has 0 saturated carbocycles. The molecule has 0 aliphatic heterocycles. The fourth-order valence-corrected chi connectivity index (χ4v) is 13.2. The minimum atomic E-state index is -0.464. The molecule has 0 fully saturated rings. The molecule has 354 valence electrons. The smallest absolute Gasteiger partial charge is 0.143 e. The lowest BCUT2D eigenvalue weighted by molar-refractivity contribution is 0.670. The van der Waals surface area contributed by atoms with Crippen LogP contribution in [0, 0.1) is 0 Å². The van der Waals surface area contributed by atoms with Crippen molar-refractivity contribution in [3.63, 3.8) is 0 Å². The van der Waals surface area contributed by atoms with Gasteiger partial charge in [0.1, 0.15) is 11.2 Å². The van der Waals surface area contributed by atoms with Crippen molar-refractivity contribution in [1.29, 1.82) is 0 Å². The third-order valence-corrected chi connectivity index (χ3v) is 16.4. The zero-order chi connectivity index (χ0) is 49.9. The first-order valence-corrected chi connectivity index (χ1v) is 26.2. The summed E-state index contributed by atoms with van der Waals surface area (Å²) in [6.07, 6.45) is 0. The van der Waals surface area contributed by atoms with Crippen molar-refractivity contribution in [2.24, 2.45) is 0 Å². The van der Waals surface area contributed by atoms with Crippen LogP contribution in [0.2, 0.25) is 0 Å². The lowest BCUT2D eigenvalue weighted by Gasteiger charge is -2.32. The van der Waals surface area contributed by atoms with E-state index in [0.29, 0.717) is 0 Å². The van der Waals surface area contributed by atoms with Gasteiger partial charge in [-0.3, -0.25) is 0 Å². The van der Waals surface area contributed by atoms with Gasteiger partial charge in [0.05, 0.1) is 22.1 Å². The predicted molar refractivity (Wildman–Crippen MR) is 315 cm³/mol. The number of nitrogens with zero attached hydrogens (tertiary/aromatic N) is 2. The maximum atomic E-state index is 6.60. The average molecular weight is 967 g/mol.